The molecule has 0 unspecified atom stereocenters. The van der Waals surface area contributed by atoms with E-state index in [0.717, 1.165) is 0 Å². The van der Waals surface area contributed by atoms with Gasteiger partial charge in [-0.3, -0.25) is 4.79 Å². The van der Waals surface area contributed by atoms with Crippen molar-refractivity contribution in [3.05, 3.63) is 12.7 Å². The largest absolute Gasteiger partial charge is 0.467 e. The lowest BCUT2D eigenvalue weighted by molar-refractivity contribution is -0.158. The molecule has 0 bridgehead atoms. The minimum absolute atomic E-state index is 0.231. The maximum atomic E-state index is 12.4. The van der Waals surface area contributed by atoms with Gasteiger partial charge in [0.2, 0.25) is 5.91 Å². The summed E-state index contributed by atoms with van der Waals surface area (Å²) in [5.74, 6) is -0.805. The van der Waals surface area contributed by atoms with Crippen molar-refractivity contribution < 1.29 is 23.9 Å². The van der Waals surface area contributed by atoms with E-state index in [2.05, 4.69) is 11.9 Å². The number of likely N-dealkylation sites (tertiary alicyclic amines) is 1. The summed E-state index contributed by atoms with van der Waals surface area (Å²) in [7, 11) is 1.30. The van der Waals surface area contributed by atoms with E-state index in [1.165, 1.54) is 12.0 Å². The maximum absolute atomic E-state index is 12.4. The van der Waals surface area contributed by atoms with Crippen molar-refractivity contribution >= 4 is 18.0 Å². The Bertz CT molecular complexity index is 483. The van der Waals surface area contributed by atoms with Gasteiger partial charge in [-0.25, -0.2) is 9.59 Å². The van der Waals surface area contributed by atoms with Crippen LogP contribution in [0, 0.1) is 0 Å². The zero-order valence-corrected chi connectivity index (χ0v) is 14.3. The zero-order valence-electron chi connectivity index (χ0n) is 14.3. The Morgan fingerprint density at radius 3 is 2.52 bits per heavy atom. The summed E-state index contributed by atoms with van der Waals surface area (Å²) in [6.07, 6.45) is 2.46. The van der Waals surface area contributed by atoms with Gasteiger partial charge in [-0.05, 0) is 40.0 Å². The number of alkyl carbamates (subject to hydrolysis) is 1. The number of nitrogens with one attached hydrogen (secondary N) is 1. The standard InChI is InChI=1S/C16H26N2O5/c1-6-8-16(13(20)22-5)9-7-10-18(16)12(19)11-17-14(21)23-15(2,3)4/h6H,1,7-11H2,2-5H3,(H,17,21)/t16-/m0/s1. The fourth-order valence-electron chi connectivity index (χ4n) is 2.74. The molecule has 0 aromatic rings. The molecule has 7 nitrogen and oxygen atoms in total. The molecule has 1 aliphatic rings. The third-order valence-electron chi connectivity index (χ3n) is 3.62. The predicted octanol–water partition coefficient (Wildman–Crippen LogP) is 1.62. The molecule has 1 rings (SSSR count). The van der Waals surface area contributed by atoms with Crippen molar-refractivity contribution in [3.8, 4) is 0 Å². The quantitative estimate of drug-likeness (QED) is 0.613. The predicted molar refractivity (Wildman–Crippen MR) is 84.7 cm³/mol. The molecule has 0 aromatic heterocycles. The average molecular weight is 326 g/mol. The lowest BCUT2D eigenvalue weighted by Gasteiger charge is -2.35. The first kappa shape index (κ1) is 19.0. The number of ether oxygens (including phenoxy) is 2. The first-order chi connectivity index (χ1) is 10.7. The first-order valence-electron chi connectivity index (χ1n) is 7.63. The van der Waals surface area contributed by atoms with Crippen LogP contribution in [-0.4, -0.2) is 54.2 Å². The van der Waals surface area contributed by atoms with Crippen LogP contribution in [0.4, 0.5) is 4.79 Å². The molecule has 1 N–H and O–H groups in total. The van der Waals surface area contributed by atoms with Crippen molar-refractivity contribution in [3.63, 3.8) is 0 Å². The molecule has 0 aliphatic carbocycles. The highest BCUT2D eigenvalue weighted by Gasteiger charge is 2.49. The van der Waals surface area contributed by atoms with Gasteiger partial charge in [-0.2, -0.15) is 0 Å². The average Bonchev–Trinajstić information content (AvgIpc) is 2.87. The van der Waals surface area contributed by atoms with Crippen LogP contribution < -0.4 is 5.32 Å². The van der Waals surface area contributed by atoms with E-state index in [4.69, 9.17) is 9.47 Å². The van der Waals surface area contributed by atoms with Crippen LogP contribution in [0.25, 0.3) is 0 Å². The lowest BCUT2D eigenvalue weighted by atomic mass is 9.92. The van der Waals surface area contributed by atoms with Crippen LogP contribution in [0.2, 0.25) is 0 Å². The third-order valence-corrected chi connectivity index (χ3v) is 3.62. The highest BCUT2D eigenvalue weighted by Crippen LogP contribution is 2.34. The first-order valence-corrected chi connectivity index (χ1v) is 7.63. The highest BCUT2D eigenvalue weighted by molar-refractivity contribution is 5.90. The van der Waals surface area contributed by atoms with Gasteiger partial charge in [0.05, 0.1) is 7.11 Å². The Kier molecular flexibility index (Phi) is 6.18. The fourth-order valence-corrected chi connectivity index (χ4v) is 2.74. The van der Waals surface area contributed by atoms with Gasteiger partial charge in [-0.1, -0.05) is 6.08 Å². The molecule has 130 valence electrons. The summed E-state index contributed by atoms with van der Waals surface area (Å²) in [4.78, 5) is 37.7. The third kappa shape index (κ3) is 4.71. The SMILES string of the molecule is C=CC[C@@]1(C(=O)OC)CCCN1C(=O)CNC(=O)OC(C)(C)C. The van der Waals surface area contributed by atoms with Gasteiger partial charge in [-0.15, -0.1) is 6.58 Å². The van der Waals surface area contributed by atoms with E-state index in [9.17, 15) is 14.4 Å². The molecule has 1 fully saturated rings. The molecule has 0 saturated carbocycles. The van der Waals surface area contributed by atoms with E-state index in [1.54, 1.807) is 26.8 Å². The number of carbonyl (C=O) groups excluding carboxylic acids is 3. The summed E-state index contributed by atoms with van der Waals surface area (Å²) in [5.41, 5.74) is -1.66. The lowest BCUT2D eigenvalue weighted by Crippen LogP contribution is -2.55. The topological polar surface area (TPSA) is 84.9 Å². The molecule has 1 aliphatic heterocycles. The summed E-state index contributed by atoms with van der Waals surface area (Å²) >= 11 is 0. The minimum atomic E-state index is -1.02. The Morgan fingerprint density at radius 2 is 2.00 bits per heavy atom. The minimum Gasteiger partial charge on any atom is -0.467 e. The van der Waals surface area contributed by atoms with Gasteiger partial charge in [0.1, 0.15) is 17.7 Å². The number of nitrogens with zero attached hydrogens (tertiary/aromatic N) is 1. The molecule has 0 spiro atoms. The Balaban J connectivity index is 2.75. The second-order valence-corrected chi connectivity index (χ2v) is 6.52. The summed E-state index contributed by atoms with van der Waals surface area (Å²) in [5, 5.41) is 2.42. The molecule has 1 atom stereocenters. The number of esters is 1. The van der Waals surface area contributed by atoms with E-state index in [1.807, 2.05) is 0 Å². The number of amides is 2. The van der Waals surface area contributed by atoms with Gasteiger partial charge in [0.25, 0.3) is 0 Å². The van der Waals surface area contributed by atoms with E-state index in [-0.39, 0.29) is 12.5 Å². The second-order valence-electron chi connectivity index (χ2n) is 6.52. The van der Waals surface area contributed by atoms with E-state index in [0.29, 0.717) is 25.8 Å². The smallest absolute Gasteiger partial charge is 0.408 e. The number of hydrogen-bond acceptors (Lipinski definition) is 5. The van der Waals surface area contributed by atoms with Crippen LogP contribution in [0.1, 0.15) is 40.0 Å². The molecule has 7 heteroatoms. The van der Waals surface area contributed by atoms with Gasteiger partial charge in [0.15, 0.2) is 0 Å². The van der Waals surface area contributed by atoms with Crippen molar-refractivity contribution in [2.75, 3.05) is 20.2 Å². The van der Waals surface area contributed by atoms with Gasteiger partial charge < -0.3 is 19.7 Å². The van der Waals surface area contributed by atoms with Crippen LogP contribution in [-0.2, 0) is 19.1 Å². The number of carbonyl (C=O) groups is 3. The molecule has 1 saturated heterocycles. The van der Waals surface area contributed by atoms with Crippen molar-refractivity contribution in [2.45, 2.75) is 51.2 Å². The Morgan fingerprint density at radius 1 is 1.35 bits per heavy atom. The monoisotopic (exact) mass is 326 g/mol. The molecular weight excluding hydrogens is 300 g/mol. The maximum Gasteiger partial charge on any atom is 0.408 e. The highest BCUT2D eigenvalue weighted by atomic mass is 16.6. The van der Waals surface area contributed by atoms with Crippen LogP contribution in [0.3, 0.4) is 0 Å². The van der Waals surface area contributed by atoms with Crippen LogP contribution in [0.15, 0.2) is 12.7 Å². The Labute approximate surface area is 137 Å². The molecular formula is C16H26N2O5. The Hall–Kier alpha value is -2.05. The van der Waals surface area contributed by atoms with E-state index < -0.39 is 23.2 Å². The van der Waals surface area contributed by atoms with Crippen LogP contribution in [0.5, 0.6) is 0 Å². The molecule has 1 heterocycles. The number of hydrogen-bond donors (Lipinski definition) is 1. The van der Waals surface area contributed by atoms with Crippen molar-refractivity contribution in [1.82, 2.24) is 10.2 Å². The van der Waals surface area contributed by atoms with Crippen LogP contribution >= 0.6 is 0 Å². The van der Waals surface area contributed by atoms with Gasteiger partial charge >= 0.3 is 12.1 Å². The fraction of sp³-hybridized carbons (Fsp3) is 0.688. The summed E-state index contributed by atoms with van der Waals surface area (Å²) in [6, 6.07) is 0. The molecule has 0 radical (unpaired) electrons. The molecule has 0 aromatic carbocycles. The van der Waals surface area contributed by atoms with Crippen molar-refractivity contribution in [2.24, 2.45) is 0 Å². The summed E-state index contributed by atoms with van der Waals surface area (Å²) in [6.45, 7) is 9.08. The number of rotatable bonds is 5. The second kappa shape index (κ2) is 7.48. The normalized spacial score (nSPS) is 20.8. The van der Waals surface area contributed by atoms with Gasteiger partial charge in [0, 0.05) is 6.54 Å². The van der Waals surface area contributed by atoms with E-state index >= 15 is 0 Å². The zero-order chi connectivity index (χ0) is 17.7. The molecule has 23 heavy (non-hydrogen) atoms. The van der Waals surface area contributed by atoms with Crippen molar-refractivity contribution in [1.29, 1.82) is 0 Å². The summed E-state index contributed by atoms with van der Waals surface area (Å²) < 4.78 is 9.96. The molecule has 2 amide bonds. The number of methoxy groups -OCH3 is 1.